The Morgan fingerprint density at radius 2 is 1.85 bits per heavy atom. The number of β-amino-alcohol motifs (C(OH)–C–C–N with tert-alkyl or cyclic N) is 1. The summed E-state index contributed by atoms with van der Waals surface area (Å²) in [7, 11) is 1.63. The SMILES string of the molecule is CCNC(=NCC(C)(O)CN1CCOCC1)NCC(C)(C)C(=O)NC.I. The van der Waals surface area contributed by atoms with Gasteiger partial charge in [0.2, 0.25) is 5.91 Å². The Labute approximate surface area is 174 Å². The van der Waals surface area contributed by atoms with Crippen LogP contribution < -0.4 is 16.0 Å². The highest BCUT2D eigenvalue weighted by Crippen LogP contribution is 2.13. The van der Waals surface area contributed by atoms with Gasteiger partial charge in [-0.25, -0.2) is 0 Å². The van der Waals surface area contributed by atoms with Gasteiger partial charge in [-0.15, -0.1) is 24.0 Å². The molecule has 1 aliphatic heterocycles. The number of nitrogens with one attached hydrogen (secondary N) is 3. The number of aliphatic hydroxyl groups is 1. The van der Waals surface area contributed by atoms with Crippen LogP contribution in [0.2, 0.25) is 0 Å². The van der Waals surface area contributed by atoms with Gasteiger partial charge in [0, 0.05) is 39.8 Å². The van der Waals surface area contributed by atoms with E-state index in [1.165, 1.54) is 0 Å². The molecule has 8 nitrogen and oxygen atoms in total. The number of ether oxygens (including phenoxy) is 1. The molecule has 0 radical (unpaired) electrons. The van der Waals surface area contributed by atoms with Crippen LogP contribution in [0.4, 0.5) is 0 Å². The molecule has 1 aliphatic rings. The molecule has 1 amide bonds. The van der Waals surface area contributed by atoms with E-state index in [4.69, 9.17) is 4.74 Å². The molecule has 0 aromatic carbocycles. The minimum atomic E-state index is -0.921. The summed E-state index contributed by atoms with van der Waals surface area (Å²) in [4.78, 5) is 18.6. The Balaban J connectivity index is 0.00000625. The molecule has 1 heterocycles. The second kappa shape index (κ2) is 11.9. The van der Waals surface area contributed by atoms with Crippen LogP contribution in [-0.2, 0) is 9.53 Å². The van der Waals surface area contributed by atoms with Crippen LogP contribution in [0.1, 0.15) is 27.7 Å². The molecule has 0 bridgehead atoms. The van der Waals surface area contributed by atoms with Crippen LogP contribution in [0, 0.1) is 5.41 Å². The fraction of sp³-hybridized carbons (Fsp3) is 0.882. The normalized spacial score (nSPS) is 18.5. The number of guanidine groups is 1. The number of rotatable bonds is 8. The van der Waals surface area contributed by atoms with Crippen molar-refractivity contribution in [3.8, 4) is 0 Å². The monoisotopic (exact) mass is 485 g/mol. The topological polar surface area (TPSA) is 98.2 Å². The summed E-state index contributed by atoms with van der Waals surface area (Å²) >= 11 is 0. The summed E-state index contributed by atoms with van der Waals surface area (Å²) < 4.78 is 5.33. The van der Waals surface area contributed by atoms with Crippen LogP contribution in [0.5, 0.6) is 0 Å². The Morgan fingerprint density at radius 1 is 1.23 bits per heavy atom. The van der Waals surface area contributed by atoms with E-state index in [0.717, 1.165) is 13.1 Å². The minimum Gasteiger partial charge on any atom is -0.387 e. The molecular weight excluding hydrogens is 449 g/mol. The lowest BCUT2D eigenvalue weighted by Crippen LogP contribution is -2.49. The van der Waals surface area contributed by atoms with Crippen LogP contribution in [-0.4, -0.2) is 87.0 Å². The van der Waals surface area contributed by atoms with Gasteiger partial charge in [-0.2, -0.15) is 0 Å². The van der Waals surface area contributed by atoms with E-state index >= 15 is 0 Å². The molecule has 4 N–H and O–H groups in total. The molecular formula is C17H36IN5O3. The fourth-order valence-electron chi connectivity index (χ4n) is 2.61. The lowest BCUT2D eigenvalue weighted by atomic mass is 9.92. The third kappa shape index (κ3) is 9.33. The van der Waals surface area contributed by atoms with Crippen LogP contribution >= 0.6 is 24.0 Å². The first-order valence-corrected chi connectivity index (χ1v) is 8.97. The number of halogens is 1. The summed E-state index contributed by atoms with van der Waals surface area (Å²) in [6.45, 7) is 12.6. The summed E-state index contributed by atoms with van der Waals surface area (Å²) in [6, 6.07) is 0. The predicted octanol–water partition coefficient (Wildman–Crippen LogP) is 0.0149. The van der Waals surface area contributed by atoms with Gasteiger partial charge in [0.15, 0.2) is 5.96 Å². The smallest absolute Gasteiger partial charge is 0.227 e. The molecule has 1 unspecified atom stereocenters. The molecule has 1 fully saturated rings. The maximum atomic E-state index is 11.9. The van der Waals surface area contributed by atoms with Crippen molar-refractivity contribution in [2.75, 3.05) is 59.5 Å². The first-order valence-electron chi connectivity index (χ1n) is 8.97. The number of carbonyl (C=O) groups is 1. The van der Waals surface area contributed by atoms with Crippen molar-refractivity contribution in [2.24, 2.45) is 10.4 Å². The molecule has 1 atom stereocenters. The van der Waals surface area contributed by atoms with Crippen molar-refractivity contribution in [3.05, 3.63) is 0 Å². The van der Waals surface area contributed by atoms with Crippen molar-refractivity contribution >= 4 is 35.8 Å². The molecule has 0 aromatic heterocycles. The minimum absolute atomic E-state index is 0. The molecule has 0 aromatic rings. The highest BCUT2D eigenvalue weighted by molar-refractivity contribution is 14.0. The second-order valence-corrected chi connectivity index (χ2v) is 7.40. The third-order valence-corrected chi connectivity index (χ3v) is 4.13. The van der Waals surface area contributed by atoms with Crippen molar-refractivity contribution in [2.45, 2.75) is 33.3 Å². The van der Waals surface area contributed by atoms with Gasteiger partial charge in [0.05, 0.1) is 30.8 Å². The lowest BCUT2D eigenvalue weighted by Gasteiger charge is -2.33. The number of carbonyl (C=O) groups excluding carboxylic acids is 1. The van der Waals surface area contributed by atoms with Crippen molar-refractivity contribution in [3.63, 3.8) is 0 Å². The van der Waals surface area contributed by atoms with Gasteiger partial charge in [0.1, 0.15) is 0 Å². The van der Waals surface area contributed by atoms with Crippen LogP contribution in [0.15, 0.2) is 4.99 Å². The number of morpholine rings is 1. The summed E-state index contributed by atoms with van der Waals surface area (Å²) in [5, 5.41) is 19.6. The van der Waals surface area contributed by atoms with Gasteiger partial charge < -0.3 is 25.8 Å². The predicted molar refractivity (Wildman–Crippen MR) is 115 cm³/mol. The fourth-order valence-corrected chi connectivity index (χ4v) is 2.61. The third-order valence-electron chi connectivity index (χ3n) is 4.13. The molecule has 0 saturated carbocycles. The maximum absolute atomic E-state index is 11.9. The van der Waals surface area contributed by atoms with Crippen LogP contribution in [0.3, 0.4) is 0 Å². The van der Waals surface area contributed by atoms with E-state index in [0.29, 0.717) is 38.8 Å². The molecule has 26 heavy (non-hydrogen) atoms. The summed E-state index contributed by atoms with van der Waals surface area (Å²) in [5.74, 6) is 0.567. The molecule has 154 valence electrons. The lowest BCUT2D eigenvalue weighted by molar-refractivity contribution is -0.128. The van der Waals surface area contributed by atoms with Crippen molar-refractivity contribution in [1.29, 1.82) is 0 Å². The average molecular weight is 485 g/mol. The van der Waals surface area contributed by atoms with Gasteiger partial charge in [-0.3, -0.25) is 14.7 Å². The van der Waals surface area contributed by atoms with E-state index in [9.17, 15) is 9.90 Å². The number of hydrogen-bond donors (Lipinski definition) is 4. The van der Waals surface area contributed by atoms with E-state index in [2.05, 4.69) is 25.8 Å². The molecule has 1 rings (SSSR count). The largest absolute Gasteiger partial charge is 0.387 e. The maximum Gasteiger partial charge on any atom is 0.227 e. The summed E-state index contributed by atoms with van der Waals surface area (Å²) in [6.07, 6.45) is 0. The number of hydrogen-bond acceptors (Lipinski definition) is 5. The Kier molecular flexibility index (Phi) is 11.6. The van der Waals surface area contributed by atoms with Crippen LogP contribution in [0.25, 0.3) is 0 Å². The highest BCUT2D eigenvalue weighted by atomic mass is 127. The molecule has 9 heteroatoms. The van der Waals surface area contributed by atoms with E-state index < -0.39 is 11.0 Å². The van der Waals surface area contributed by atoms with Gasteiger partial charge in [0.25, 0.3) is 0 Å². The molecule has 1 saturated heterocycles. The van der Waals surface area contributed by atoms with Crippen molar-refractivity contribution < 1.29 is 14.6 Å². The van der Waals surface area contributed by atoms with Gasteiger partial charge >= 0.3 is 0 Å². The zero-order valence-electron chi connectivity index (χ0n) is 16.7. The average Bonchev–Trinajstić information content (AvgIpc) is 2.57. The zero-order valence-corrected chi connectivity index (χ0v) is 19.1. The second-order valence-electron chi connectivity index (χ2n) is 7.40. The van der Waals surface area contributed by atoms with E-state index in [1.807, 2.05) is 20.8 Å². The van der Waals surface area contributed by atoms with Gasteiger partial charge in [-0.1, -0.05) is 0 Å². The standard InChI is InChI=1S/C17H35N5O3.HI/c1-6-19-15(20-11-16(2,3)14(23)18-5)21-12-17(4,24)13-22-7-9-25-10-8-22;/h24H,6-13H2,1-5H3,(H,18,23)(H2,19,20,21);1H. The van der Waals surface area contributed by atoms with E-state index in [1.54, 1.807) is 14.0 Å². The first-order chi connectivity index (χ1) is 11.7. The quantitative estimate of drug-likeness (QED) is 0.220. The van der Waals surface area contributed by atoms with Crippen molar-refractivity contribution in [1.82, 2.24) is 20.9 Å². The zero-order chi connectivity index (χ0) is 18.9. The number of aliphatic imine (C=N–C) groups is 1. The first kappa shape index (κ1) is 25.4. The van der Waals surface area contributed by atoms with E-state index in [-0.39, 0.29) is 36.4 Å². The number of nitrogens with zero attached hydrogens (tertiary/aromatic N) is 2. The summed E-state index contributed by atoms with van der Waals surface area (Å²) in [5.41, 5.74) is -1.47. The molecule has 0 aliphatic carbocycles. The highest BCUT2D eigenvalue weighted by Gasteiger charge is 2.28. The van der Waals surface area contributed by atoms with Gasteiger partial charge in [-0.05, 0) is 27.7 Å². The Bertz CT molecular complexity index is 452. The molecule has 0 spiro atoms. The Morgan fingerprint density at radius 3 is 2.38 bits per heavy atom. The Hall–Kier alpha value is -0.650. The number of amides is 1.